The molecule has 1 rings (SSSR count). The molecular formula is C13H18FNO2S. The van der Waals surface area contributed by atoms with E-state index in [0.29, 0.717) is 10.6 Å². The van der Waals surface area contributed by atoms with Gasteiger partial charge in [-0.3, -0.25) is 4.79 Å². The second-order valence-corrected chi connectivity index (χ2v) is 5.26. The summed E-state index contributed by atoms with van der Waals surface area (Å²) in [6.45, 7) is 3.68. The van der Waals surface area contributed by atoms with E-state index in [1.807, 2.05) is 13.8 Å². The molecule has 0 spiro atoms. The second-order valence-electron chi connectivity index (χ2n) is 4.41. The van der Waals surface area contributed by atoms with Crippen molar-refractivity contribution in [2.45, 2.75) is 31.3 Å². The topological polar surface area (TPSA) is 49.3 Å². The predicted octanol–water partition coefficient (Wildman–Crippen LogP) is 2.89. The van der Waals surface area contributed by atoms with Gasteiger partial charge in [0.1, 0.15) is 5.82 Å². The van der Waals surface area contributed by atoms with Crippen LogP contribution in [0.1, 0.15) is 20.3 Å². The quantitative estimate of drug-likeness (QED) is 0.810. The monoisotopic (exact) mass is 271 g/mol. The SMILES string of the molecule is CSc1ccc(NC(=O)CC(O)C(C)C)cc1F. The molecule has 0 aliphatic heterocycles. The second kappa shape index (κ2) is 6.75. The Morgan fingerprint density at radius 2 is 2.17 bits per heavy atom. The third-order valence-corrected chi connectivity index (χ3v) is 3.37. The summed E-state index contributed by atoms with van der Waals surface area (Å²) in [6, 6.07) is 4.55. The highest BCUT2D eigenvalue weighted by Crippen LogP contribution is 2.22. The zero-order valence-electron chi connectivity index (χ0n) is 10.7. The van der Waals surface area contributed by atoms with Crippen molar-refractivity contribution < 1.29 is 14.3 Å². The lowest BCUT2D eigenvalue weighted by molar-refractivity contribution is -0.118. The smallest absolute Gasteiger partial charge is 0.226 e. The number of halogens is 1. The van der Waals surface area contributed by atoms with E-state index in [1.165, 1.54) is 17.8 Å². The lowest BCUT2D eigenvalue weighted by atomic mass is 10.0. The molecule has 0 aliphatic carbocycles. The molecule has 1 aromatic carbocycles. The number of rotatable bonds is 5. The molecule has 1 aromatic rings. The number of aliphatic hydroxyl groups is 1. The van der Waals surface area contributed by atoms with Crippen LogP contribution in [0.25, 0.3) is 0 Å². The number of anilines is 1. The number of carbonyl (C=O) groups excluding carboxylic acids is 1. The van der Waals surface area contributed by atoms with Gasteiger partial charge in [-0.1, -0.05) is 13.8 Å². The van der Waals surface area contributed by atoms with Crippen LogP contribution in [0.5, 0.6) is 0 Å². The van der Waals surface area contributed by atoms with Crippen molar-refractivity contribution in [1.29, 1.82) is 0 Å². The van der Waals surface area contributed by atoms with E-state index in [1.54, 1.807) is 18.4 Å². The molecule has 18 heavy (non-hydrogen) atoms. The molecule has 1 amide bonds. The Hall–Kier alpha value is -1.07. The van der Waals surface area contributed by atoms with Crippen LogP contribution in [0.2, 0.25) is 0 Å². The summed E-state index contributed by atoms with van der Waals surface area (Å²) in [5.41, 5.74) is 0.409. The van der Waals surface area contributed by atoms with Crippen molar-refractivity contribution in [1.82, 2.24) is 0 Å². The number of hydrogen-bond donors (Lipinski definition) is 2. The molecule has 0 saturated heterocycles. The lowest BCUT2D eigenvalue weighted by Crippen LogP contribution is -2.23. The Morgan fingerprint density at radius 3 is 2.67 bits per heavy atom. The molecule has 0 fully saturated rings. The number of carbonyl (C=O) groups is 1. The Labute approximate surface area is 111 Å². The number of aliphatic hydroxyl groups excluding tert-OH is 1. The van der Waals surface area contributed by atoms with Gasteiger partial charge in [0.05, 0.1) is 12.5 Å². The van der Waals surface area contributed by atoms with E-state index in [2.05, 4.69) is 5.32 Å². The van der Waals surface area contributed by atoms with Gasteiger partial charge >= 0.3 is 0 Å². The van der Waals surface area contributed by atoms with Gasteiger partial charge in [-0.15, -0.1) is 11.8 Å². The molecule has 0 heterocycles. The fraction of sp³-hybridized carbons (Fsp3) is 0.462. The van der Waals surface area contributed by atoms with Crippen LogP contribution in [0.3, 0.4) is 0 Å². The minimum Gasteiger partial charge on any atom is -0.392 e. The van der Waals surface area contributed by atoms with E-state index >= 15 is 0 Å². The number of amides is 1. The maximum Gasteiger partial charge on any atom is 0.226 e. The van der Waals surface area contributed by atoms with Gasteiger partial charge in [-0.2, -0.15) is 0 Å². The fourth-order valence-corrected chi connectivity index (χ4v) is 1.84. The third kappa shape index (κ3) is 4.31. The van der Waals surface area contributed by atoms with E-state index in [-0.39, 0.29) is 24.1 Å². The van der Waals surface area contributed by atoms with E-state index in [0.717, 1.165) is 0 Å². The van der Waals surface area contributed by atoms with Crippen LogP contribution in [-0.4, -0.2) is 23.4 Å². The highest BCUT2D eigenvalue weighted by atomic mass is 32.2. The maximum atomic E-state index is 13.5. The zero-order valence-corrected chi connectivity index (χ0v) is 11.6. The van der Waals surface area contributed by atoms with Gasteiger partial charge in [-0.25, -0.2) is 4.39 Å². The first kappa shape index (κ1) is 15.0. The number of hydrogen-bond acceptors (Lipinski definition) is 3. The number of benzene rings is 1. The molecular weight excluding hydrogens is 253 g/mol. The summed E-state index contributed by atoms with van der Waals surface area (Å²) in [7, 11) is 0. The van der Waals surface area contributed by atoms with Crippen molar-refractivity contribution in [3.63, 3.8) is 0 Å². The van der Waals surface area contributed by atoms with Crippen LogP contribution < -0.4 is 5.32 Å². The van der Waals surface area contributed by atoms with Gasteiger partial charge in [0.15, 0.2) is 0 Å². The van der Waals surface area contributed by atoms with Crippen molar-refractivity contribution in [2.75, 3.05) is 11.6 Å². The lowest BCUT2D eigenvalue weighted by Gasteiger charge is -2.14. The Morgan fingerprint density at radius 1 is 1.50 bits per heavy atom. The first-order chi connectivity index (χ1) is 8.43. The molecule has 0 aliphatic rings. The summed E-state index contributed by atoms with van der Waals surface area (Å²) < 4.78 is 13.5. The van der Waals surface area contributed by atoms with Crippen LogP contribution in [0, 0.1) is 11.7 Å². The number of thioether (sulfide) groups is 1. The highest BCUT2D eigenvalue weighted by Gasteiger charge is 2.14. The molecule has 0 bridgehead atoms. The molecule has 2 N–H and O–H groups in total. The van der Waals surface area contributed by atoms with E-state index in [9.17, 15) is 14.3 Å². The van der Waals surface area contributed by atoms with E-state index in [4.69, 9.17) is 0 Å². The van der Waals surface area contributed by atoms with Gasteiger partial charge in [0, 0.05) is 10.6 Å². The van der Waals surface area contributed by atoms with Crippen LogP contribution in [0.4, 0.5) is 10.1 Å². The van der Waals surface area contributed by atoms with E-state index < -0.39 is 6.10 Å². The first-order valence-electron chi connectivity index (χ1n) is 5.75. The van der Waals surface area contributed by atoms with Crippen molar-refractivity contribution in [3.8, 4) is 0 Å². The minimum absolute atomic E-state index is 0.0174. The Kier molecular flexibility index (Phi) is 5.62. The molecule has 0 radical (unpaired) electrons. The summed E-state index contributed by atoms with van der Waals surface area (Å²) in [5, 5.41) is 12.1. The summed E-state index contributed by atoms with van der Waals surface area (Å²) in [5.74, 6) is -0.649. The predicted molar refractivity (Wildman–Crippen MR) is 72.3 cm³/mol. The molecule has 0 saturated carbocycles. The average molecular weight is 271 g/mol. The van der Waals surface area contributed by atoms with Crippen molar-refractivity contribution in [3.05, 3.63) is 24.0 Å². The van der Waals surface area contributed by atoms with Crippen LogP contribution >= 0.6 is 11.8 Å². The molecule has 1 unspecified atom stereocenters. The molecule has 100 valence electrons. The van der Waals surface area contributed by atoms with Gasteiger partial charge < -0.3 is 10.4 Å². The van der Waals surface area contributed by atoms with Gasteiger partial charge in [-0.05, 0) is 30.4 Å². The summed E-state index contributed by atoms with van der Waals surface area (Å²) >= 11 is 1.31. The van der Waals surface area contributed by atoms with Crippen molar-refractivity contribution in [2.24, 2.45) is 5.92 Å². The standard InChI is InChI=1S/C13H18FNO2S/c1-8(2)11(16)7-13(17)15-9-4-5-12(18-3)10(14)6-9/h4-6,8,11,16H,7H2,1-3H3,(H,15,17). The zero-order chi connectivity index (χ0) is 13.7. The average Bonchev–Trinajstić information content (AvgIpc) is 2.28. The summed E-state index contributed by atoms with van der Waals surface area (Å²) in [6.07, 6.45) is 1.12. The first-order valence-corrected chi connectivity index (χ1v) is 6.98. The maximum absolute atomic E-state index is 13.5. The highest BCUT2D eigenvalue weighted by molar-refractivity contribution is 7.98. The largest absolute Gasteiger partial charge is 0.392 e. The summed E-state index contributed by atoms with van der Waals surface area (Å²) in [4.78, 5) is 12.1. The van der Waals surface area contributed by atoms with Gasteiger partial charge in [0.2, 0.25) is 5.91 Å². The third-order valence-electron chi connectivity index (χ3n) is 2.60. The molecule has 1 atom stereocenters. The Balaban J connectivity index is 2.62. The fourth-order valence-electron chi connectivity index (χ4n) is 1.38. The molecule has 0 aromatic heterocycles. The van der Waals surface area contributed by atoms with Crippen LogP contribution in [0.15, 0.2) is 23.1 Å². The minimum atomic E-state index is -0.680. The normalized spacial score (nSPS) is 12.6. The molecule has 5 heteroatoms. The Bertz CT molecular complexity index is 423. The van der Waals surface area contributed by atoms with Crippen molar-refractivity contribution >= 4 is 23.4 Å². The van der Waals surface area contributed by atoms with Gasteiger partial charge in [0.25, 0.3) is 0 Å². The van der Waals surface area contributed by atoms with Crippen LogP contribution in [-0.2, 0) is 4.79 Å². The molecule has 3 nitrogen and oxygen atoms in total. The number of nitrogens with one attached hydrogen (secondary N) is 1.